The number of halogens is 1. The number of primary amides is 1. The molecule has 0 saturated carbocycles. The van der Waals surface area contributed by atoms with E-state index in [1.807, 2.05) is 19.1 Å². The van der Waals surface area contributed by atoms with Crippen molar-refractivity contribution >= 4 is 22.6 Å². The molecule has 1 aliphatic heterocycles. The SMILES string of the molecule is CCc1ccc2cc(C(=O)CC[C@](C)(O)c3cc4c(c(-c5ccc(F)cc5)n3)OC[C@]4(C)C(N)=O)cc(OC)c2n1. The predicted octanol–water partition coefficient (Wildman–Crippen LogP) is 5.01. The van der Waals surface area contributed by atoms with Gasteiger partial charge in [-0.2, -0.15) is 0 Å². The number of aryl methyl sites for hydroxylation is 1. The molecule has 3 N–H and O–H groups in total. The lowest BCUT2D eigenvalue weighted by Gasteiger charge is -2.26. The number of nitrogens with zero attached hydrogens (tertiary/aromatic N) is 2. The first-order chi connectivity index (χ1) is 19.5. The van der Waals surface area contributed by atoms with Crippen molar-refractivity contribution in [3.63, 3.8) is 0 Å². The molecule has 0 aliphatic carbocycles. The van der Waals surface area contributed by atoms with Crippen LogP contribution in [0.5, 0.6) is 11.5 Å². The lowest BCUT2D eigenvalue weighted by molar-refractivity contribution is -0.123. The summed E-state index contributed by atoms with van der Waals surface area (Å²) in [6, 6.07) is 14.6. The number of hydrogen-bond donors (Lipinski definition) is 2. The van der Waals surface area contributed by atoms with E-state index in [2.05, 4.69) is 9.97 Å². The van der Waals surface area contributed by atoms with Gasteiger partial charge in [0, 0.05) is 34.2 Å². The van der Waals surface area contributed by atoms with E-state index in [-0.39, 0.29) is 30.9 Å². The molecule has 0 saturated heterocycles. The average Bonchev–Trinajstić information content (AvgIpc) is 3.32. The molecule has 1 aliphatic rings. The molecule has 2 aromatic carbocycles. The standard InChI is InChI=1S/C32H32FN3O5/c1-5-22-11-8-19-14-20(15-25(40-4)27(19)35-22)24(37)12-13-32(3,39)26-16-23-29(41-17-31(23,2)30(34)38)28(36-26)18-6-9-21(33)10-7-18/h6-11,14-16,39H,5,12-13,17H2,1-4H3,(H2,34,38)/t31-,32-/m0/s1. The minimum atomic E-state index is -1.56. The predicted molar refractivity (Wildman–Crippen MR) is 152 cm³/mol. The molecule has 0 fully saturated rings. The second-order valence-electron chi connectivity index (χ2n) is 10.8. The van der Waals surface area contributed by atoms with Crippen molar-refractivity contribution in [2.75, 3.05) is 13.7 Å². The zero-order valence-corrected chi connectivity index (χ0v) is 23.5. The fraction of sp³-hybridized carbons (Fsp3) is 0.312. The fourth-order valence-corrected chi connectivity index (χ4v) is 5.05. The molecule has 0 bridgehead atoms. The van der Waals surface area contributed by atoms with Crippen molar-refractivity contribution in [2.45, 2.75) is 51.0 Å². The number of hydrogen-bond acceptors (Lipinski definition) is 7. The maximum absolute atomic E-state index is 13.7. The summed E-state index contributed by atoms with van der Waals surface area (Å²) in [4.78, 5) is 35.1. The number of ketones is 1. The quantitative estimate of drug-likeness (QED) is 0.277. The van der Waals surface area contributed by atoms with Gasteiger partial charge in [-0.05, 0) is 75.2 Å². The number of methoxy groups -OCH3 is 1. The van der Waals surface area contributed by atoms with Crippen molar-refractivity contribution in [1.82, 2.24) is 9.97 Å². The number of amides is 1. The molecule has 0 spiro atoms. The van der Waals surface area contributed by atoms with Crippen LogP contribution in [0, 0.1) is 5.82 Å². The third kappa shape index (κ3) is 5.13. The molecular weight excluding hydrogens is 525 g/mol. The molecule has 5 rings (SSSR count). The molecular formula is C32H32FN3O5. The van der Waals surface area contributed by atoms with E-state index < -0.39 is 22.7 Å². The minimum Gasteiger partial charge on any atom is -0.494 e. The first-order valence-electron chi connectivity index (χ1n) is 13.4. The number of aliphatic hydroxyl groups is 1. The Labute approximate surface area is 237 Å². The van der Waals surface area contributed by atoms with E-state index in [1.54, 1.807) is 44.2 Å². The number of rotatable bonds is 9. The van der Waals surface area contributed by atoms with Gasteiger partial charge in [0.25, 0.3) is 0 Å². The monoisotopic (exact) mass is 557 g/mol. The largest absolute Gasteiger partial charge is 0.494 e. The van der Waals surface area contributed by atoms with Gasteiger partial charge < -0.3 is 20.3 Å². The van der Waals surface area contributed by atoms with E-state index in [0.29, 0.717) is 39.4 Å². The summed E-state index contributed by atoms with van der Waals surface area (Å²) in [5.74, 6) is -0.323. The van der Waals surface area contributed by atoms with E-state index in [1.165, 1.54) is 19.2 Å². The zero-order chi connectivity index (χ0) is 29.5. The van der Waals surface area contributed by atoms with Crippen LogP contribution < -0.4 is 15.2 Å². The van der Waals surface area contributed by atoms with Crippen LogP contribution in [0.3, 0.4) is 0 Å². The normalized spacial score (nSPS) is 17.5. The number of carbonyl (C=O) groups is 2. The van der Waals surface area contributed by atoms with Gasteiger partial charge in [-0.3, -0.25) is 9.59 Å². The van der Waals surface area contributed by atoms with Crippen LogP contribution in [0.25, 0.3) is 22.2 Å². The van der Waals surface area contributed by atoms with Gasteiger partial charge in [0.2, 0.25) is 5.91 Å². The van der Waals surface area contributed by atoms with E-state index >= 15 is 0 Å². The first kappa shape index (κ1) is 28.2. The maximum atomic E-state index is 13.7. The molecule has 2 atom stereocenters. The molecule has 4 aromatic rings. The van der Waals surface area contributed by atoms with Crippen LogP contribution in [0.4, 0.5) is 4.39 Å². The summed E-state index contributed by atoms with van der Waals surface area (Å²) >= 11 is 0. The topological polar surface area (TPSA) is 125 Å². The molecule has 3 heterocycles. The third-order valence-corrected chi connectivity index (χ3v) is 7.84. The molecule has 41 heavy (non-hydrogen) atoms. The second kappa shape index (κ2) is 10.6. The lowest BCUT2D eigenvalue weighted by Crippen LogP contribution is -2.40. The number of nitrogens with two attached hydrogens (primary N) is 1. The highest BCUT2D eigenvalue weighted by Gasteiger charge is 2.45. The van der Waals surface area contributed by atoms with Crippen molar-refractivity contribution in [3.8, 4) is 22.8 Å². The van der Waals surface area contributed by atoms with Crippen LogP contribution in [0.2, 0.25) is 0 Å². The van der Waals surface area contributed by atoms with Crippen molar-refractivity contribution in [2.24, 2.45) is 5.73 Å². The summed E-state index contributed by atoms with van der Waals surface area (Å²) in [6.07, 6.45) is 0.831. The second-order valence-corrected chi connectivity index (χ2v) is 10.8. The van der Waals surface area contributed by atoms with Crippen molar-refractivity contribution < 1.29 is 28.6 Å². The van der Waals surface area contributed by atoms with Gasteiger partial charge in [-0.15, -0.1) is 0 Å². The molecule has 0 radical (unpaired) electrons. The number of aromatic nitrogens is 2. The number of pyridine rings is 2. The highest BCUT2D eigenvalue weighted by Crippen LogP contribution is 2.46. The van der Waals surface area contributed by atoms with E-state index in [9.17, 15) is 19.1 Å². The Morgan fingerprint density at radius 2 is 1.88 bits per heavy atom. The Kier molecular flexibility index (Phi) is 7.25. The number of carbonyl (C=O) groups excluding carboxylic acids is 2. The van der Waals surface area contributed by atoms with Gasteiger partial charge in [0.05, 0.1) is 12.8 Å². The lowest BCUT2D eigenvalue weighted by atomic mass is 9.81. The maximum Gasteiger partial charge on any atom is 0.231 e. The summed E-state index contributed by atoms with van der Waals surface area (Å²) in [6.45, 7) is 5.27. The minimum absolute atomic E-state index is 0.00995. The van der Waals surface area contributed by atoms with Crippen LogP contribution in [0.15, 0.2) is 54.6 Å². The number of ether oxygens (including phenoxy) is 2. The van der Waals surface area contributed by atoms with Gasteiger partial charge in [0.1, 0.15) is 46.1 Å². The van der Waals surface area contributed by atoms with Crippen LogP contribution in [-0.4, -0.2) is 40.5 Å². The summed E-state index contributed by atoms with van der Waals surface area (Å²) in [7, 11) is 1.54. The third-order valence-electron chi connectivity index (χ3n) is 7.84. The number of Topliss-reactive ketones (excluding diaryl/α,β-unsaturated/α-hetero) is 1. The number of fused-ring (bicyclic) bond motifs is 2. The van der Waals surface area contributed by atoms with Gasteiger partial charge in [-0.25, -0.2) is 14.4 Å². The Bertz CT molecular complexity index is 1670. The van der Waals surface area contributed by atoms with Gasteiger partial charge in [0.15, 0.2) is 5.78 Å². The van der Waals surface area contributed by atoms with Crippen LogP contribution in [-0.2, 0) is 22.2 Å². The van der Waals surface area contributed by atoms with E-state index in [4.69, 9.17) is 15.2 Å². The van der Waals surface area contributed by atoms with E-state index in [0.717, 1.165) is 17.5 Å². The molecule has 212 valence electrons. The smallest absolute Gasteiger partial charge is 0.231 e. The van der Waals surface area contributed by atoms with Crippen LogP contribution >= 0.6 is 0 Å². The Morgan fingerprint density at radius 3 is 2.54 bits per heavy atom. The zero-order valence-electron chi connectivity index (χ0n) is 23.5. The summed E-state index contributed by atoms with van der Waals surface area (Å²) < 4.78 is 25.1. The van der Waals surface area contributed by atoms with Crippen LogP contribution in [0.1, 0.15) is 60.9 Å². The highest BCUT2D eigenvalue weighted by atomic mass is 19.1. The molecule has 2 aromatic heterocycles. The molecule has 8 nitrogen and oxygen atoms in total. The number of benzene rings is 2. The molecule has 9 heteroatoms. The Hall–Kier alpha value is -4.37. The molecule has 0 unspecified atom stereocenters. The van der Waals surface area contributed by atoms with Gasteiger partial charge >= 0.3 is 0 Å². The van der Waals surface area contributed by atoms with Crippen molar-refractivity contribution in [3.05, 3.63) is 82.9 Å². The fourth-order valence-electron chi connectivity index (χ4n) is 5.05. The summed E-state index contributed by atoms with van der Waals surface area (Å²) in [5, 5.41) is 12.4. The first-order valence-corrected chi connectivity index (χ1v) is 13.4. The van der Waals surface area contributed by atoms with Crippen molar-refractivity contribution in [1.29, 1.82) is 0 Å². The summed E-state index contributed by atoms with van der Waals surface area (Å²) in [5.41, 5.74) is 6.72. The average molecular weight is 558 g/mol. The Morgan fingerprint density at radius 1 is 1.15 bits per heavy atom. The molecule has 1 amide bonds. The Balaban J connectivity index is 1.48. The van der Waals surface area contributed by atoms with Gasteiger partial charge in [-0.1, -0.05) is 13.0 Å². The highest BCUT2D eigenvalue weighted by molar-refractivity contribution is 6.01.